The van der Waals surface area contributed by atoms with Crippen LogP contribution in [0.5, 0.6) is 0 Å². The monoisotopic (exact) mass is 364 g/mol. The average molecular weight is 364 g/mol. The Morgan fingerprint density at radius 2 is 0.895 bits per heavy atom. The first kappa shape index (κ1) is 29.4. The van der Waals surface area contributed by atoms with E-state index in [1.54, 1.807) is 0 Å². The summed E-state index contributed by atoms with van der Waals surface area (Å²) in [6, 6.07) is 0. The van der Waals surface area contributed by atoms with Crippen LogP contribution in [0.25, 0.3) is 0 Å². The topological polar surface area (TPSA) is 199 Å². The molecular formula is C6H21Ca2O10P. The Morgan fingerprint density at radius 1 is 0.737 bits per heavy atom. The fourth-order valence-electron chi connectivity index (χ4n) is 0.671. The molecule has 9 N–H and O–H groups in total. The molecule has 0 aromatic carbocycles. The number of aliphatic hydroxyl groups is 6. The second kappa shape index (κ2) is 15.3. The second-order valence-corrected chi connectivity index (χ2v) is 4.02. The van der Waals surface area contributed by atoms with Gasteiger partial charge in [0.25, 0.3) is 0 Å². The van der Waals surface area contributed by atoms with E-state index in [0.29, 0.717) is 0 Å². The first-order chi connectivity index (χ1) is 7.54. The van der Waals surface area contributed by atoms with Crippen LogP contribution < -0.4 is 0 Å². The van der Waals surface area contributed by atoms with Gasteiger partial charge in [0.15, 0.2) is 0 Å². The van der Waals surface area contributed by atoms with E-state index in [9.17, 15) is 0 Å². The number of rotatable bonds is 5. The molecule has 0 aliphatic rings. The maximum atomic E-state index is 8.96. The zero-order valence-electron chi connectivity index (χ0n) is 8.60. The SMILES string of the molecule is O=P(O)(O)O.OCC(O)C(O)C(O)C(O)CO.[CaH2].[CaH2]. The third kappa shape index (κ3) is 20.4. The van der Waals surface area contributed by atoms with Gasteiger partial charge in [0.05, 0.1) is 13.2 Å². The van der Waals surface area contributed by atoms with Crippen molar-refractivity contribution in [2.24, 2.45) is 0 Å². The Balaban J connectivity index is -0.000000139. The van der Waals surface area contributed by atoms with Gasteiger partial charge in [-0.3, -0.25) is 0 Å². The molecule has 0 heterocycles. The molecule has 0 bridgehead atoms. The van der Waals surface area contributed by atoms with Crippen LogP contribution in [0, 0.1) is 0 Å². The van der Waals surface area contributed by atoms with Gasteiger partial charge in [-0.2, -0.15) is 0 Å². The van der Waals surface area contributed by atoms with Crippen LogP contribution in [0.1, 0.15) is 0 Å². The van der Waals surface area contributed by atoms with Crippen molar-refractivity contribution in [3.8, 4) is 0 Å². The molecule has 0 rings (SSSR count). The zero-order valence-corrected chi connectivity index (χ0v) is 9.50. The summed E-state index contributed by atoms with van der Waals surface area (Å²) < 4.78 is 8.88. The van der Waals surface area contributed by atoms with Gasteiger partial charge >= 0.3 is 83.3 Å². The molecule has 0 spiro atoms. The van der Waals surface area contributed by atoms with E-state index < -0.39 is 45.5 Å². The van der Waals surface area contributed by atoms with E-state index in [1.807, 2.05) is 0 Å². The van der Waals surface area contributed by atoms with E-state index >= 15 is 0 Å². The Labute approximate surface area is 168 Å². The summed E-state index contributed by atoms with van der Waals surface area (Å²) in [4.78, 5) is 21.6. The molecular weight excluding hydrogens is 343 g/mol. The normalized spacial score (nSPS) is 16.7. The van der Waals surface area contributed by atoms with Gasteiger partial charge in [0.1, 0.15) is 24.4 Å². The van der Waals surface area contributed by atoms with E-state index in [-0.39, 0.29) is 75.5 Å². The molecule has 0 aromatic rings. The van der Waals surface area contributed by atoms with Crippen molar-refractivity contribution in [3.63, 3.8) is 0 Å². The summed E-state index contributed by atoms with van der Waals surface area (Å²) >= 11 is 0. The summed E-state index contributed by atoms with van der Waals surface area (Å²) in [6.45, 7) is -1.45. The minimum absolute atomic E-state index is 0. The van der Waals surface area contributed by atoms with Crippen LogP contribution in [0.15, 0.2) is 0 Å². The summed E-state index contributed by atoms with van der Waals surface area (Å²) in [6.07, 6.45) is -6.39. The molecule has 114 valence electrons. The molecule has 0 aliphatic heterocycles. The molecule has 0 saturated carbocycles. The predicted octanol–water partition coefficient (Wildman–Crippen LogP) is -6.35. The molecule has 0 fully saturated rings. The van der Waals surface area contributed by atoms with Gasteiger partial charge in [0.2, 0.25) is 0 Å². The summed E-state index contributed by atoms with van der Waals surface area (Å²) in [5.41, 5.74) is 0. The van der Waals surface area contributed by atoms with Gasteiger partial charge in [-0.1, -0.05) is 0 Å². The third-order valence-corrected chi connectivity index (χ3v) is 1.51. The van der Waals surface area contributed by atoms with Crippen molar-refractivity contribution in [3.05, 3.63) is 0 Å². The predicted molar refractivity (Wildman–Crippen MR) is 69.5 cm³/mol. The van der Waals surface area contributed by atoms with Gasteiger partial charge in [-0.25, -0.2) is 4.57 Å². The first-order valence-corrected chi connectivity index (χ1v) is 5.83. The number of hydrogen-bond donors (Lipinski definition) is 9. The van der Waals surface area contributed by atoms with Crippen LogP contribution >= 0.6 is 7.82 Å². The second-order valence-electron chi connectivity index (χ2n) is 2.99. The van der Waals surface area contributed by atoms with E-state index in [1.165, 1.54) is 0 Å². The molecule has 0 amide bonds. The van der Waals surface area contributed by atoms with Crippen LogP contribution in [0.2, 0.25) is 0 Å². The Morgan fingerprint density at radius 3 is 1.00 bits per heavy atom. The quantitative estimate of drug-likeness (QED) is 0.167. The fourth-order valence-corrected chi connectivity index (χ4v) is 0.671. The summed E-state index contributed by atoms with van der Waals surface area (Å²) in [5, 5.41) is 52.2. The molecule has 0 saturated heterocycles. The molecule has 4 atom stereocenters. The fraction of sp³-hybridized carbons (Fsp3) is 1.00. The number of phosphoric acid groups is 1. The van der Waals surface area contributed by atoms with Crippen LogP contribution in [0.4, 0.5) is 0 Å². The van der Waals surface area contributed by atoms with E-state index in [2.05, 4.69) is 0 Å². The molecule has 0 radical (unpaired) electrons. The number of hydrogen-bond acceptors (Lipinski definition) is 7. The average Bonchev–Trinajstić information content (AvgIpc) is 2.22. The van der Waals surface area contributed by atoms with Gasteiger partial charge in [-0.15, -0.1) is 0 Å². The zero-order chi connectivity index (χ0) is 14.2. The number of aliphatic hydroxyl groups excluding tert-OH is 6. The third-order valence-electron chi connectivity index (χ3n) is 1.51. The van der Waals surface area contributed by atoms with Crippen molar-refractivity contribution >= 4 is 83.3 Å². The Bertz CT molecular complexity index is 216. The van der Waals surface area contributed by atoms with Crippen LogP contribution in [-0.4, -0.2) is 158 Å². The van der Waals surface area contributed by atoms with Gasteiger partial charge in [0, 0.05) is 0 Å². The summed E-state index contributed by atoms with van der Waals surface area (Å²) in [7, 11) is -4.64. The van der Waals surface area contributed by atoms with Crippen molar-refractivity contribution in [2.45, 2.75) is 24.4 Å². The minimum atomic E-state index is -4.64. The van der Waals surface area contributed by atoms with Gasteiger partial charge in [-0.05, 0) is 0 Å². The first-order valence-electron chi connectivity index (χ1n) is 4.26. The molecule has 0 aromatic heterocycles. The van der Waals surface area contributed by atoms with Gasteiger partial charge < -0.3 is 45.3 Å². The molecule has 19 heavy (non-hydrogen) atoms. The van der Waals surface area contributed by atoms with Crippen molar-refractivity contribution in [1.82, 2.24) is 0 Å². The Kier molecular flexibility index (Phi) is 23.7. The molecule has 13 heteroatoms. The van der Waals surface area contributed by atoms with Crippen LogP contribution in [0.3, 0.4) is 0 Å². The summed E-state index contributed by atoms with van der Waals surface area (Å²) in [5.74, 6) is 0. The van der Waals surface area contributed by atoms with Crippen LogP contribution in [-0.2, 0) is 4.57 Å². The maximum absolute atomic E-state index is 8.96. The van der Waals surface area contributed by atoms with E-state index in [0.717, 1.165) is 0 Å². The molecule has 10 nitrogen and oxygen atoms in total. The molecule has 4 unspecified atom stereocenters. The van der Waals surface area contributed by atoms with Crippen molar-refractivity contribution < 1.29 is 49.9 Å². The standard InChI is InChI=1S/C6H14O6.2Ca.H3O4P.4H/c7-1-3(9)5(11)6(12)4(10)2-8;;;1-5(2,3)4;;;;/h3-12H,1-2H2;;;(H3,1,2,3,4);;;;. The Hall–Kier alpha value is 2.39. The molecule has 0 aliphatic carbocycles. The van der Waals surface area contributed by atoms with E-state index in [4.69, 9.17) is 49.9 Å². The van der Waals surface area contributed by atoms with Crippen molar-refractivity contribution in [2.75, 3.05) is 13.2 Å². The van der Waals surface area contributed by atoms with Crippen molar-refractivity contribution in [1.29, 1.82) is 0 Å².